The summed E-state index contributed by atoms with van der Waals surface area (Å²) in [5.41, 5.74) is -0.460. The highest BCUT2D eigenvalue weighted by atomic mass is 32.2. The molecule has 6 nitrogen and oxygen atoms in total. The fourth-order valence-corrected chi connectivity index (χ4v) is 5.82. The molecular weight excluding hydrogens is 409 g/mol. The summed E-state index contributed by atoms with van der Waals surface area (Å²) in [7, 11) is -1.99. The van der Waals surface area contributed by atoms with Crippen molar-refractivity contribution in [3.05, 3.63) is 54.1 Å². The number of hydrogen-bond donors (Lipinski definition) is 0. The van der Waals surface area contributed by atoms with Gasteiger partial charge in [-0.3, -0.25) is 9.80 Å². The van der Waals surface area contributed by atoms with Gasteiger partial charge in [0.2, 0.25) is 0 Å². The fourth-order valence-electron chi connectivity index (χ4n) is 3.90. The quantitative estimate of drug-likeness (QED) is 0.707. The molecule has 2 fully saturated rings. The first kappa shape index (κ1) is 19.6. The lowest BCUT2D eigenvalue weighted by molar-refractivity contribution is -0.137. The minimum atomic E-state index is -4.58. The summed E-state index contributed by atoms with van der Waals surface area (Å²) in [6, 6.07) is 8.89. The number of sulfone groups is 1. The molecule has 2 amide bonds. The maximum Gasteiger partial charge on any atom is 0.416 e. The highest BCUT2D eigenvalue weighted by Gasteiger charge is 2.54. The summed E-state index contributed by atoms with van der Waals surface area (Å²) >= 11 is 0. The van der Waals surface area contributed by atoms with Gasteiger partial charge in [-0.1, -0.05) is 12.1 Å². The monoisotopic (exact) mass is 426 g/mol. The van der Waals surface area contributed by atoms with Crippen LogP contribution >= 0.6 is 0 Å². The van der Waals surface area contributed by atoms with Crippen molar-refractivity contribution < 1.29 is 31.1 Å². The van der Waals surface area contributed by atoms with Gasteiger partial charge in [-0.25, -0.2) is 13.2 Å². The first-order chi connectivity index (χ1) is 13.6. The maximum atomic E-state index is 13.2. The molecule has 154 valence electrons. The average molecular weight is 426 g/mol. The number of halogens is 3. The van der Waals surface area contributed by atoms with Crippen molar-refractivity contribution in [2.45, 2.75) is 18.3 Å². The molecule has 0 bridgehead atoms. The van der Waals surface area contributed by atoms with Crippen LogP contribution in [0.1, 0.15) is 5.56 Å². The number of alkyl halides is 3. The van der Waals surface area contributed by atoms with E-state index < -0.39 is 39.7 Å². The number of urea groups is 1. The van der Waals surface area contributed by atoms with Gasteiger partial charge in [0.25, 0.3) is 0 Å². The van der Waals surface area contributed by atoms with Crippen LogP contribution in [0.4, 0.5) is 29.3 Å². The Balaban J connectivity index is 1.80. The number of benzene rings is 2. The lowest BCUT2D eigenvalue weighted by Crippen LogP contribution is -2.38. The van der Waals surface area contributed by atoms with Crippen LogP contribution in [0, 0.1) is 0 Å². The summed E-state index contributed by atoms with van der Waals surface area (Å²) in [6.45, 7) is 0. The topological polar surface area (TPSA) is 66.9 Å². The number of fused-ring (bicyclic) bond motifs is 1. The Hall–Kier alpha value is -2.75. The zero-order valence-corrected chi connectivity index (χ0v) is 16.1. The van der Waals surface area contributed by atoms with Crippen molar-refractivity contribution in [3.63, 3.8) is 0 Å². The number of amides is 2. The number of methoxy groups -OCH3 is 1. The van der Waals surface area contributed by atoms with Crippen molar-refractivity contribution in [2.75, 3.05) is 28.4 Å². The molecule has 29 heavy (non-hydrogen) atoms. The number of anilines is 2. The van der Waals surface area contributed by atoms with E-state index in [1.165, 1.54) is 24.1 Å². The molecule has 0 aromatic heterocycles. The largest absolute Gasteiger partial charge is 0.497 e. The van der Waals surface area contributed by atoms with Crippen molar-refractivity contribution in [2.24, 2.45) is 0 Å². The maximum absolute atomic E-state index is 13.2. The Bertz CT molecular complexity index is 1070. The predicted molar refractivity (Wildman–Crippen MR) is 101 cm³/mol. The normalized spacial score (nSPS) is 23.4. The minimum Gasteiger partial charge on any atom is -0.497 e. The summed E-state index contributed by atoms with van der Waals surface area (Å²) < 4.78 is 69.2. The second-order valence-corrected chi connectivity index (χ2v) is 9.14. The van der Waals surface area contributed by atoms with E-state index in [0.29, 0.717) is 11.4 Å². The predicted octanol–water partition coefficient (Wildman–Crippen LogP) is 3.33. The second-order valence-electron chi connectivity index (χ2n) is 6.98. The first-order valence-electron chi connectivity index (χ1n) is 8.75. The van der Waals surface area contributed by atoms with Gasteiger partial charge in [-0.05, 0) is 30.3 Å². The zero-order chi connectivity index (χ0) is 21.0. The molecule has 2 atom stereocenters. The third-order valence-electron chi connectivity index (χ3n) is 5.15. The number of carbonyl (C=O) groups is 1. The van der Waals surface area contributed by atoms with E-state index >= 15 is 0 Å². The van der Waals surface area contributed by atoms with Crippen LogP contribution in [0.3, 0.4) is 0 Å². The number of hydrogen-bond acceptors (Lipinski definition) is 4. The van der Waals surface area contributed by atoms with E-state index in [2.05, 4.69) is 0 Å². The summed E-state index contributed by atoms with van der Waals surface area (Å²) in [4.78, 5) is 15.7. The molecule has 0 N–H and O–H groups in total. The highest BCUT2D eigenvalue weighted by Crippen LogP contribution is 2.40. The summed E-state index contributed by atoms with van der Waals surface area (Å²) in [6.07, 6.45) is -4.58. The van der Waals surface area contributed by atoms with E-state index in [-0.39, 0.29) is 17.2 Å². The molecule has 2 aromatic rings. The lowest BCUT2D eigenvalue weighted by atomic mass is 10.1. The van der Waals surface area contributed by atoms with Crippen LogP contribution in [-0.2, 0) is 16.0 Å². The van der Waals surface area contributed by atoms with Gasteiger partial charge in [-0.15, -0.1) is 0 Å². The van der Waals surface area contributed by atoms with Crippen LogP contribution in [0.5, 0.6) is 5.75 Å². The van der Waals surface area contributed by atoms with Crippen molar-refractivity contribution in [1.82, 2.24) is 0 Å². The Kier molecular flexibility index (Phi) is 4.49. The Labute approximate surface area is 165 Å². The van der Waals surface area contributed by atoms with Crippen LogP contribution in [0.15, 0.2) is 48.5 Å². The van der Waals surface area contributed by atoms with Crippen LogP contribution < -0.4 is 14.5 Å². The SMILES string of the molecule is COc1cccc(N2C(=O)N(c3cccc(C(F)(F)F)c3)[C@@H]3CS(=O)(=O)C[C@H]32)c1. The van der Waals surface area contributed by atoms with E-state index in [4.69, 9.17) is 4.74 Å². The average Bonchev–Trinajstić information content (AvgIpc) is 3.09. The van der Waals surface area contributed by atoms with Crippen molar-refractivity contribution >= 4 is 27.2 Å². The van der Waals surface area contributed by atoms with Crippen molar-refractivity contribution in [1.29, 1.82) is 0 Å². The van der Waals surface area contributed by atoms with Crippen LogP contribution in [-0.4, -0.2) is 45.1 Å². The Morgan fingerprint density at radius 1 is 0.966 bits per heavy atom. The number of ether oxygens (including phenoxy) is 1. The van der Waals surface area contributed by atoms with Gasteiger partial charge in [0.15, 0.2) is 9.84 Å². The molecule has 0 aliphatic carbocycles. The molecule has 4 rings (SSSR count). The van der Waals surface area contributed by atoms with E-state index in [9.17, 15) is 26.4 Å². The summed E-state index contributed by atoms with van der Waals surface area (Å²) in [5.74, 6) is -0.0823. The third-order valence-corrected chi connectivity index (χ3v) is 6.85. The molecule has 2 aliphatic rings. The Morgan fingerprint density at radius 2 is 1.52 bits per heavy atom. The van der Waals surface area contributed by atoms with Gasteiger partial charge in [-0.2, -0.15) is 13.2 Å². The standard InChI is InChI=1S/C19H17F3N2O4S/c1-28-15-7-3-6-14(9-15)24-17-11-29(26,27)10-16(17)23(18(24)25)13-5-2-4-12(8-13)19(20,21)22/h2-9,16-17H,10-11H2,1H3/t16-,17-/m1/s1. The molecule has 0 radical (unpaired) electrons. The van der Waals surface area contributed by atoms with Crippen LogP contribution in [0.25, 0.3) is 0 Å². The number of carbonyl (C=O) groups excluding carboxylic acids is 1. The molecule has 0 saturated carbocycles. The molecule has 0 unspecified atom stereocenters. The van der Waals surface area contributed by atoms with Gasteiger partial charge in [0.1, 0.15) is 5.75 Å². The smallest absolute Gasteiger partial charge is 0.416 e. The van der Waals surface area contributed by atoms with Crippen molar-refractivity contribution in [3.8, 4) is 5.75 Å². The van der Waals surface area contributed by atoms with Gasteiger partial charge < -0.3 is 4.74 Å². The van der Waals surface area contributed by atoms with Gasteiger partial charge >= 0.3 is 12.2 Å². The number of nitrogens with zero attached hydrogens (tertiary/aromatic N) is 2. The molecule has 2 heterocycles. The highest BCUT2D eigenvalue weighted by molar-refractivity contribution is 7.91. The summed E-state index contributed by atoms with van der Waals surface area (Å²) in [5, 5.41) is 0. The Morgan fingerprint density at radius 3 is 2.07 bits per heavy atom. The van der Waals surface area contributed by atoms with Gasteiger partial charge in [0.05, 0.1) is 36.3 Å². The van der Waals surface area contributed by atoms with E-state index in [1.54, 1.807) is 24.3 Å². The molecule has 10 heteroatoms. The minimum absolute atomic E-state index is 0.0160. The van der Waals surface area contributed by atoms with Gasteiger partial charge in [0, 0.05) is 17.4 Å². The molecule has 2 aliphatic heterocycles. The third kappa shape index (κ3) is 3.41. The number of rotatable bonds is 3. The fraction of sp³-hybridized carbons (Fsp3) is 0.316. The molecular formula is C19H17F3N2O4S. The van der Waals surface area contributed by atoms with E-state index in [0.717, 1.165) is 17.0 Å². The second kappa shape index (κ2) is 6.65. The van der Waals surface area contributed by atoms with E-state index in [1.807, 2.05) is 0 Å². The first-order valence-corrected chi connectivity index (χ1v) is 10.6. The molecule has 0 spiro atoms. The molecule has 2 saturated heterocycles. The zero-order valence-electron chi connectivity index (χ0n) is 15.3. The van der Waals surface area contributed by atoms with Crippen LogP contribution in [0.2, 0.25) is 0 Å². The molecule has 2 aromatic carbocycles. The lowest BCUT2D eigenvalue weighted by Gasteiger charge is -2.23.